The quantitative estimate of drug-likeness (QED) is 0.347. The van der Waals surface area contributed by atoms with Crippen LogP contribution in [0.15, 0.2) is 59.8 Å². The Morgan fingerprint density at radius 2 is 1.82 bits per heavy atom. The minimum Gasteiger partial charge on any atom is -0.351 e. The maximum absolute atomic E-state index is 13.1. The van der Waals surface area contributed by atoms with Gasteiger partial charge in [0.05, 0.1) is 6.04 Å². The van der Waals surface area contributed by atoms with Gasteiger partial charge in [0, 0.05) is 28.4 Å². The second kappa shape index (κ2) is 9.92. The third-order valence-corrected chi connectivity index (χ3v) is 6.13. The molecule has 0 bridgehead atoms. The van der Waals surface area contributed by atoms with Gasteiger partial charge in [0.25, 0.3) is 11.7 Å². The number of carbonyl (C=O) groups is 2. The highest BCUT2D eigenvalue weighted by Crippen LogP contribution is 2.24. The van der Waals surface area contributed by atoms with E-state index in [9.17, 15) is 9.59 Å². The maximum atomic E-state index is 13.1. The average Bonchev–Trinajstić information content (AvgIpc) is 3.21. The summed E-state index contributed by atoms with van der Waals surface area (Å²) in [4.78, 5) is 33.0. The SMILES string of the molecule is Cc1cc(C)n2nc(SCc3ccccc3C(=O)NC(C)c3ccc(NC(N)=O)cc3)nc2n1. The van der Waals surface area contributed by atoms with Gasteiger partial charge in [0.1, 0.15) is 0 Å². The maximum Gasteiger partial charge on any atom is 0.316 e. The summed E-state index contributed by atoms with van der Waals surface area (Å²) in [5.74, 6) is 0.941. The zero-order chi connectivity index (χ0) is 24.2. The Kier molecular flexibility index (Phi) is 6.78. The van der Waals surface area contributed by atoms with Gasteiger partial charge in [-0.3, -0.25) is 4.79 Å². The summed E-state index contributed by atoms with van der Waals surface area (Å²) in [6.07, 6.45) is 0. The van der Waals surface area contributed by atoms with Crippen LogP contribution in [0.1, 0.15) is 45.8 Å². The second-order valence-corrected chi connectivity index (χ2v) is 8.84. The summed E-state index contributed by atoms with van der Waals surface area (Å²) in [5, 5.41) is 10.7. The Morgan fingerprint density at radius 3 is 2.56 bits per heavy atom. The molecule has 2 heterocycles. The van der Waals surface area contributed by atoms with Gasteiger partial charge >= 0.3 is 6.03 Å². The molecule has 1 unspecified atom stereocenters. The van der Waals surface area contributed by atoms with Crippen LogP contribution in [0.2, 0.25) is 0 Å². The van der Waals surface area contributed by atoms with Gasteiger partial charge in [-0.15, -0.1) is 5.10 Å². The van der Waals surface area contributed by atoms with Crippen molar-refractivity contribution in [1.29, 1.82) is 0 Å². The average molecular weight is 476 g/mol. The number of amides is 3. The number of thioether (sulfide) groups is 1. The van der Waals surface area contributed by atoms with Crippen LogP contribution in [0, 0.1) is 13.8 Å². The van der Waals surface area contributed by atoms with Gasteiger partial charge in [0.2, 0.25) is 5.16 Å². The summed E-state index contributed by atoms with van der Waals surface area (Å²) < 4.78 is 1.72. The molecule has 0 saturated carbocycles. The molecule has 0 fully saturated rings. The molecule has 1 atom stereocenters. The van der Waals surface area contributed by atoms with Crippen molar-refractivity contribution < 1.29 is 9.59 Å². The van der Waals surface area contributed by atoms with Crippen molar-refractivity contribution in [2.24, 2.45) is 5.73 Å². The minimum absolute atomic E-state index is 0.167. The van der Waals surface area contributed by atoms with Gasteiger partial charge in [-0.05, 0) is 56.2 Å². The molecule has 4 rings (SSSR count). The lowest BCUT2D eigenvalue weighted by molar-refractivity contribution is 0.0939. The third-order valence-electron chi connectivity index (χ3n) is 5.24. The largest absolute Gasteiger partial charge is 0.351 e. The molecule has 0 spiro atoms. The van der Waals surface area contributed by atoms with Crippen molar-refractivity contribution >= 4 is 35.2 Å². The van der Waals surface area contributed by atoms with Crippen LogP contribution < -0.4 is 16.4 Å². The fourth-order valence-corrected chi connectivity index (χ4v) is 4.40. The van der Waals surface area contributed by atoms with Crippen LogP contribution in [-0.4, -0.2) is 31.5 Å². The predicted octanol–water partition coefficient (Wildman–Crippen LogP) is 4.02. The smallest absolute Gasteiger partial charge is 0.316 e. The zero-order valence-corrected chi connectivity index (χ0v) is 19.9. The number of anilines is 1. The predicted molar refractivity (Wildman–Crippen MR) is 132 cm³/mol. The fourth-order valence-electron chi connectivity index (χ4n) is 3.57. The van der Waals surface area contributed by atoms with Crippen molar-refractivity contribution in [1.82, 2.24) is 24.9 Å². The first-order valence-corrected chi connectivity index (χ1v) is 11.7. The lowest BCUT2D eigenvalue weighted by atomic mass is 10.1. The van der Waals surface area contributed by atoms with E-state index in [0.29, 0.717) is 27.9 Å². The molecule has 10 heteroatoms. The molecule has 34 heavy (non-hydrogen) atoms. The van der Waals surface area contributed by atoms with E-state index in [2.05, 4.69) is 25.7 Å². The van der Waals surface area contributed by atoms with E-state index in [4.69, 9.17) is 5.73 Å². The number of benzene rings is 2. The molecule has 4 N–H and O–H groups in total. The lowest BCUT2D eigenvalue weighted by Crippen LogP contribution is -2.27. The third kappa shape index (κ3) is 5.34. The Bertz CT molecular complexity index is 1350. The van der Waals surface area contributed by atoms with Gasteiger partial charge in [-0.2, -0.15) is 4.98 Å². The van der Waals surface area contributed by atoms with Gasteiger partial charge in [0.15, 0.2) is 0 Å². The first-order chi connectivity index (χ1) is 16.3. The van der Waals surface area contributed by atoms with E-state index in [0.717, 1.165) is 22.5 Å². The number of nitrogens with zero attached hydrogens (tertiary/aromatic N) is 4. The summed E-state index contributed by atoms with van der Waals surface area (Å²) in [5.41, 5.74) is 9.99. The number of hydrogen-bond acceptors (Lipinski definition) is 6. The monoisotopic (exact) mass is 475 g/mol. The highest BCUT2D eigenvalue weighted by atomic mass is 32.2. The van der Waals surface area contributed by atoms with E-state index in [1.165, 1.54) is 11.8 Å². The molecule has 0 radical (unpaired) electrons. The number of rotatable bonds is 7. The Labute approximate surface area is 201 Å². The van der Waals surface area contributed by atoms with Crippen molar-refractivity contribution in [3.63, 3.8) is 0 Å². The Balaban J connectivity index is 1.45. The summed E-state index contributed by atoms with van der Waals surface area (Å²) in [7, 11) is 0. The molecule has 0 aliphatic heterocycles. The Hall–Kier alpha value is -3.92. The fraction of sp³-hybridized carbons (Fsp3) is 0.208. The van der Waals surface area contributed by atoms with Gasteiger partial charge < -0.3 is 16.4 Å². The summed E-state index contributed by atoms with van der Waals surface area (Å²) in [6, 6.07) is 15.8. The molecule has 2 aromatic heterocycles. The molecule has 0 aliphatic carbocycles. The van der Waals surface area contributed by atoms with Crippen molar-refractivity contribution in [3.8, 4) is 0 Å². The van der Waals surface area contributed by atoms with Crippen LogP contribution >= 0.6 is 11.8 Å². The number of hydrogen-bond donors (Lipinski definition) is 3. The number of urea groups is 1. The van der Waals surface area contributed by atoms with E-state index >= 15 is 0 Å². The number of nitrogens with one attached hydrogen (secondary N) is 2. The number of carbonyl (C=O) groups excluding carboxylic acids is 2. The van der Waals surface area contributed by atoms with Crippen LogP contribution in [0.25, 0.3) is 5.78 Å². The highest BCUT2D eigenvalue weighted by molar-refractivity contribution is 7.98. The van der Waals surface area contributed by atoms with Crippen LogP contribution in [0.5, 0.6) is 0 Å². The summed E-state index contributed by atoms with van der Waals surface area (Å²) >= 11 is 1.46. The minimum atomic E-state index is -0.621. The zero-order valence-electron chi connectivity index (χ0n) is 19.1. The number of aromatic nitrogens is 4. The molecule has 4 aromatic rings. The first-order valence-electron chi connectivity index (χ1n) is 10.7. The van der Waals surface area contributed by atoms with Crippen molar-refractivity contribution in [2.45, 2.75) is 37.7 Å². The molecule has 174 valence electrons. The molecule has 0 aliphatic rings. The lowest BCUT2D eigenvalue weighted by Gasteiger charge is -2.16. The second-order valence-electron chi connectivity index (χ2n) is 7.90. The standard InChI is InChI=1S/C24H25N7O2S/c1-14-12-15(2)31-23(26-14)29-24(30-31)34-13-18-6-4-5-7-20(18)21(32)27-16(3)17-8-10-19(11-9-17)28-22(25)33/h4-12,16H,13H2,1-3H3,(H,27,32)(H3,25,28,33). The number of fused-ring (bicyclic) bond motifs is 1. The molecule has 2 aromatic carbocycles. The van der Waals surface area contributed by atoms with Gasteiger partial charge in [-0.1, -0.05) is 42.1 Å². The molecular weight excluding hydrogens is 450 g/mol. The molecule has 0 saturated heterocycles. The topological polar surface area (TPSA) is 127 Å². The first kappa shape index (κ1) is 23.2. The number of primary amides is 1. The van der Waals surface area contributed by atoms with Crippen molar-refractivity contribution in [2.75, 3.05) is 5.32 Å². The molecule has 9 nitrogen and oxygen atoms in total. The normalized spacial score (nSPS) is 11.9. The van der Waals surface area contributed by atoms with Crippen LogP contribution in [0.3, 0.4) is 0 Å². The van der Waals surface area contributed by atoms with Gasteiger partial charge in [-0.25, -0.2) is 14.3 Å². The number of aryl methyl sites for hydroxylation is 2. The van der Waals surface area contributed by atoms with Crippen LogP contribution in [-0.2, 0) is 5.75 Å². The molecule has 3 amide bonds. The van der Waals surface area contributed by atoms with Crippen LogP contribution in [0.4, 0.5) is 10.5 Å². The van der Waals surface area contributed by atoms with E-state index in [1.54, 1.807) is 16.6 Å². The van der Waals surface area contributed by atoms with E-state index < -0.39 is 6.03 Å². The highest BCUT2D eigenvalue weighted by Gasteiger charge is 2.16. The summed E-state index contributed by atoms with van der Waals surface area (Å²) in [6.45, 7) is 5.80. The van der Waals surface area contributed by atoms with E-state index in [-0.39, 0.29) is 11.9 Å². The van der Waals surface area contributed by atoms with Crippen molar-refractivity contribution in [3.05, 3.63) is 82.7 Å². The Morgan fingerprint density at radius 1 is 1.09 bits per heavy atom. The van der Waals surface area contributed by atoms with E-state index in [1.807, 2.05) is 63.2 Å². The molecular formula is C24H25N7O2S. The number of nitrogens with two attached hydrogens (primary N) is 1.